The second-order valence-electron chi connectivity index (χ2n) is 4.21. The van der Waals surface area contributed by atoms with Crippen molar-refractivity contribution >= 4 is 29.1 Å². The molecule has 0 aliphatic carbocycles. The smallest absolute Gasteiger partial charge is 0.308 e. The van der Waals surface area contributed by atoms with Crippen molar-refractivity contribution in [3.8, 4) is 11.5 Å². The third-order valence-corrected chi connectivity index (χ3v) is 4.02. The molecule has 0 bridgehead atoms. The number of nitrogens with zero attached hydrogens (tertiary/aromatic N) is 3. The van der Waals surface area contributed by atoms with E-state index < -0.39 is 10.8 Å². The predicted octanol–water partition coefficient (Wildman–Crippen LogP) is 3.66. The summed E-state index contributed by atoms with van der Waals surface area (Å²) in [5.74, 6) is 0.460. The highest BCUT2D eigenvalue weighted by molar-refractivity contribution is 7.84. The quantitative estimate of drug-likeness (QED) is 0.596. The molecular formula is C15H14ClN3O2S. The Morgan fingerprint density at radius 1 is 1.41 bits per heavy atom. The number of hydrogen-bond acceptors (Lipinski definition) is 5. The maximum atomic E-state index is 12.2. The summed E-state index contributed by atoms with van der Waals surface area (Å²) in [6, 6.07) is 6.95. The highest BCUT2D eigenvalue weighted by atomic mass is 35.5. The largest absolute Gasteiger partial charge is 0.409 e. The molecule has 0 N–H and O–H groups in total. The molecule has 0 unspecified atom stereocenters. The first-order valence-corrected chi connectivity index (χ1v) is 8.10. The summed E-state index contributed by atoms with van der Waals surface area (Å²) >= 11 is 5.83. The molecule has 1 atom stereocenters. The van der Waals surface area contributed by atoms with Crippen LogP contribution in [0, 0.1) is 0 Å². The fourth-order valence-corrected chi connectivity index (χ4v) is 2.57. The number of aromatic nitrogens is 2. The first-order chi connectivity index (χ1) is 10.6. The summed E-state index contributed by atoms with van der Waals surface area (Å²) < 4.78 is 17.7. The van der Waals surface area contributed by atoms with Crippen molar-refractivity contribution in [3.05, 3.63) is 53.2 Å². The van der Waals surface area contributed by atoms with Crippen LogP contribution in [0.2, 0.25) is 5.02 Å². The minimum Gasteiger partial charge on any atom is -0.409 e. The first kappa shape index (κ1) is 16.3. The normalized spacial score (nSPS) is 13.5. The molecule has 1 aromatic carbocycles. The van der Waals surface area contributed by atoms with Gasteiger partial charge in [0.2, 0.25) is 5.89 Å². The Hall–Kier alpha value is -2.05. The molecular weight excluding hydrogens is 322 g/mol. The van der Waals surface area contributed by atoms with E-state index in [0.29, 0.717) is 22.2 Å². The second-order valence-corrected chi connectivity index (χ2v) is 5.98. The average molecular weight is 336 g/mol. The number of rotatable bonds is 6. The standard InChI is InChI=1S/C15H14ClN3O2S/c1-3-4-5-13(17-2)10-22(20)15-19-18-14(21-15)11-6-8-12(16)9-7-11/h3-9H,2,10H2,1H3/b4-3-,13-5-/t22-/m0/s1. The van der Waals surface area contributed by atoms with Crippen molar-refractivity contribution in [1.29, 1.82) is 0 Å². The summed E-state index contributed by atoms with van der Waals surface area (Å²) in [4.78, 5) is 3.83. The number of aliphatic imine (C=N–C) groups is 1. The van der Waals surface area contributed by atoms with Gasteiger partial charge in [0.25, 0.3) is 0 Å². The van der Waals surface area contributed by atoms with Gasteiger partial charge >= 0.3 is 5.22 Å². The average Bonchev–Trinajstić information content (AvgIpc) is 3.02. The molecule has 2 aromatic rings. The number of halogens is 1. The lowest BCUT2D eigenvalue weighted by Crippen LogP contribution is -2.00. The molecule has 0 spiro atoms. The molecule has 0 radical (unpaired) electrons. The lowest BCUT2D eigenvalue weighted by molar-refractivity contribution is 0.456. The highest BCUT2D eigenvalue weighted by Crippen LogP contribution is 2.21. The van der Waals surface area contributed by atoms with E-state index in [0.717, 1.165) is 0 Å². The van der Waals surface area contributed by atoms with Crippen molar-refractivity contribution in [2.24, 2.45) is 4.99 Å². The van der Waals surface area contributed by atoms with Gasteiger partial charge in [-0.1, -0.05) is 28.9 Å². The van der Waals surface area contributed by atoms with E-state index in [4.69, 9.17) is 16.0 Å². The zero-order valence-electron chi connectivity index (χ0n) is 11.9. The summed E-state index contributed by atoms with van der Waals surface area (Å²) in [6.07, 6.45) is 5.38. The topological polar surface area (TPSA) is 68.3 Å². The molecule has 0 aliphatic rings. The van der Waals surface area contributed by atoms with Crippen molar-refractivity contribution in [2.45, 2.75) is 12.1 Å². The molecule has 0 aliphatic heterocycles. The van der Waals surface area contributed by atoms with Gasteiger partial charge in [0.05, 0.1) is 11.4 Å². The van der Waals surface area contributed by atoms with E-state index in [9.17, 15) is 4.21 Å². The van der Waals surface area contributed by atoms with Crippen LogP contribution in [0.25, 0.3) is 11.5 Å². The van der Waals surface area contributed by atoms with Gasteiger partial charge in [-0.2, -0.15) is 0 Å². The van der Waals surface area contributed by atoms with E-state index >= 15 is 0 Å². The summed E-state index contributed by atoms with van der Waals surface area (Å²) in [5, 5.41) is 8.39. The Morgan fingerprint density at radius 2 is 2.14 bits per heavy atom. The molecule has 0 amide bonds. The van der Waals surface area contributed by atoms with Crippen LogP contribution in [0.1, 0.15) is 6.92 Å². The maximum Gasteiger partial charge on any atom is 0.308 e. The molecule has 2 rings (SSSR count). The van der Waals surface area contributed by atoms with Crippen LogP contribution in [0.4, 0.5) is 0 Å². The summed E-state index contributed by atoms with van der Waals surface area (Å²) in [6.45, 7) is 5.34. The molecule has 7 heteroatoms. The van der Waals surface area contributed by atoms with Crippen molar-refractivity contribution in [2.75, 3.05) is 5.75 Å². The van der Waals surface area contributed by atoms with Crippen LogP contribution in [0.15, 0.2) is 62.8 Å². The Morgan fingerprint density at radius 3 is 2.77 bits per heavy atom. The molecule has 0 fully saturated rings. The van der Waals surface area contributed by atoms with Crippen molar-refractivity contribution in [1.82, 2.24) is 10.2 Å². The Bertz CT molecular complexity index is 736. The molecule has 1 aromatic heterocycles. The Balaban J connectivity index is 2.15. The van der Waals surface area contributed by atoms with E-state index in [1.54, 1.807) is 36.4 Å². The molecule has 0 saturated heterocycles. The van der Waals surface area contributed by atoms with Crippen LogP contribution >= 0.6 is 11.6 Å². The Labute approximate surface area is 135 Å². The highest BCUT2D eigenvalue weighted by Gasteiger charge is 2.15. The van der Waals surface area contributed by atoms with E-state index in [-0.39, 0.29) is 11.0 Å². The number of benzene rings is 1. The van der Waals surface area contributed by atoms with E-state index in [2.05, 4.69) is 21.9 Å². The molecule has 1 heterocycles. The lowest BCUT2D eigenvalue weighted by Gasteiger charge is -1.97. The second kappa shape index (κ2) is 7.82. The lowest BCUT2D eigenvalue weighted by atomic mass is 10.2. The molecule has 0 saturated carbocycles. The number of allylic oxidation sites excluding steroid dienone is 3. The zero-order chi connectivity index (χ0) is 15.9. The van der Waals surface area contributed by atoms with Gasteiger partial charge in [0.15, 0.2) is 0 Å². The zero-order valence-corrected chi connectivity index (χ0v) is 13.5. The monoisotopic (exact) mass is 335 g/mol. The van der Waals surface area contributed by atoms with Gasteiger partial charge in [-0.15, -0.1) is 5.10 Å². The predicted molar refractivity (Wildman–Crippen MR) is 88.5 cm³/mol. The van der Waals surface area contributed by atoms with Crippen LogP contribution in [0.3, 0.4) is 0 Å². The van der Waals surface area contributed by atoms with Gasteiger partial charge in [0.1, 0.15) is 10.8 Å². The first-order valence-electron chi connectivity index (χ1n) is 6.40. The van der Waals surface area contributed by atoms with Crippen LogP contribution in [-0.4, -0.2) is 26.9 Å². The minimum absolute atomic E-state index is 0.0555. The van der Waals surface area contributed by atoms with Crippen LogP contribution in [-0.2, 0) is 10.8 Å². The fourth-order valence-electron chi connectivity index (χ4n) is 1.56. The third kappa shape index (κ3) is 4.22. The van der Waals surface area contributed by atoms with Gasteiger partial charge in [0, 0.05) is 10.6 Å². The van der Waals surface area contributed by atoms with E-state index in [1.165, 1.54) is 0 Å². The van der Waals surface area contributed by atoms with Gasteiger partial charge in [-0.25, -0.2) is 4.21 Å². The maximum absolute atomic E-state index is 12.2. The SMILES string of the molecule is C=N/C(=C\C=C/C)C[S@](=O)c1nnc(-c2ccc(Cl)cc2)o1. The minimum atomic E-state index is -1.48. The Kier molecular flexibility index (Phi) is 5.80. The summed E-state index contributed by atoms with van der Waals surface area (Å²) in [5.41, 5.74) is 1.30. The van der Waals surface area contributed by atoms with Crippen molar-refractivity contribution < 1.29 is 8.63 Å². The van der Waals surface area contributed by atoms with Gasteiger partial charge in [-0.05, 0) is 44.0 Å². The molecule has 22 heavy (non-hydrogen) atoms. The van der Waals surface area contributed by atoms with Crippen LogP contribution in [0.5, 0.6) is 0 Å². The molecule has 5 nitrogen and oxygen atoms in total. The van der Waals surface area contributed by atoms with Gasteiger partial charge < -0.3 is 4.42 Å². The van der Waals surface area contributed by atoms with Gasteiger partial charge in [-0.3, -0.25) is 4.99 Å². The van der Waals surface area contributed by atoms with E-state index in [1.807, 2.05) is 13.0 Å². The van der Waals surface area contributed by atoms with Crippen molar-refractivity contribution in [3.63, 3.8) is 0 Å². The molecule has 114 valence electrons. The summed E-state index contributed by atoms with van der Waals surface area (Å²) in [7, 11) is -1.48. The third-order valence-electron chi connectivity index (χ3n) is 2.66. The number of hydrogen-bond donors (Lipinski definition) is 0. The van der Waals surface area contributed by atoms with Crippen LogP contribution < -0.4 is 0 Å². The fraction of sp³-hybridized carbons (Fsp3) is 0.133.